The Morgan fingerprint density at radius 2 is 1.07 bits per heavy atom. The molecule has 0 atom stereocenters. The van der Waals surface area contributed by atoms with Gasteiger partial charge in [-0.3, -0.25) is 9.36 Å². The van der Waals surface area contributed by atoms with Crippen molar-refractivity contribution < 1.29 is 86.7 Å². The van der Waals surface area contributed by atoms with E-state index < -0.39 is 41.5 Å². The molecule has 0 saturated heterocycles. The fraction of sp³-hybridized carbons (Fsp3) is 0.216. The van der Waals surface area contributed by atoms with Gasteiger partial charge in [-0.1, -0.05) is 119 Å². The average Bonchev–Trinajstić information content (AvgIpc) is 1.58. The smallest absolute Gasteiger partial charge is 0.543 e. The van der Waals surface area contributed by atoms with Crippen LogP contribution in [0.15, 0.2) is 189 Å². The molecule has 9 aromatic heterocycles. The van der Waals surface area contributed by atoms with Crippen molar-refractivity contribution in [3.8, 4) is 11.4 Å². The molecule has 2 aliphatic rings. The number of esters is 3. The topological polar surface area (TPSA) is 269 Å². The molecule has 0 aliphatic heterocycles. The summed E-state index contributed by atoms with van der Waals surface area (Å²) in [5, 5.41) is 31.9. The summed E-state index contributed by atoms with van der Waals surface area (Å²) in [6.07, 6.45) is 11.2. The molecule has 0 amide bonds. The van der Waals surface area contributed by atoms with Gasteiger partial charge in [-0.2, -0.15) is 22.8 Å². The predicted octanol–water partition coefficient (Wildman–Crippen LogP) is 14.0. The van der Waals surface area contributed by atoms with Crippen molar-refractivity contribution in [3.05, 3.63) is 252 Å². The van der Waals surface area contributed by atoms with Crippen molar-refractivity contribution in [2.24, 2.45) is 0 Å². The van der Waals surface area contributed by atoms with Crippen molar-refractivity contribution in [1.29, 1.82) is 0 Å². The largest absolute Gasteiger partial charge is 1.00 e. The van der Waals surface area contributed by atoms with Crippen molar-refractivity contribution in [3.63, 3.8) is 0 Å². The molecule has 2 N–H and O–H groups in total. The van der Waals surface area contributed by atoms with Gasteiger partial charge in [0.1, 0.15) is 42.1 Å². The number of nitrogens with one attached hydrogen (secondary N) is 1. The maximum atomic E-state index is 15.3. The Hall–Kier alpha value is -8.55. The maximum absolute atomic E-state index is 15.3. The van der Waals surface area contributed by atoms with Crippen LogP contribution in [0.3, 0.4) is 0 Å². The first-order valence-corrected chi connectivity index (χ1v) is 36.2. The normalized spacial score (nSPS) is 11.9. The van der Waals surface area contributed by atoms with Gasteiger partial charge in [-0.15, -0.1) is 0 Å². The fourth-order valence-corrected chi connectivity index (χ4v) is 13.6. The summed E-state index contributed by atoms with van der Waals surface area (Å²) in [4.78, 5) is 75.9. The van der Waals surface area contributed by atoms with E-state index in [-0.39, 0.29) is 62.8 Å². The molecule has 0 unspecified atom stereocenters. The van der Waals surface area contributed by atoms with Crippen LogP contribution in [-0.2, 0) is 33.1 Å². The monoisotopic (exact) mass is 1610 g/mol. The van der Waals surface area contributed by atoms with Crippen LogP contribution in [0.5, 0.6) is 0 Å². The maximum Gasteiger partial charge on any atom is 1.00 e. The van der Waals surface area contributed by atoms with Crippen LogP contribution in [0.1, 0.15) is 132 Å². The Labute approximate surface area is 662 Å². The second-order valence-corrected chi connectivity index (χ2v) is 27.3. The van der Waals surface area contributed by atoms with Gasteiger partial charge in [0.25, 0.3) is 0 Å². The zero-order valence-corrected chi connectivity index (χ0v) is 66.3. The summed E-state index contributed by atoms with van der Waals surface area (Å²) in [7, 11) is 3.99. The summed E-state index contributed by atoms with van der Waals surface area (Å²) in [6, 6.07) is 40.1. The fourth-order valence-electron chi connectivity index (χ4n) is 10.2. The van der Waals surface area contributed by atoms with Crippen molar-refractivity contribution >= 4 is 139 Å². The molecular weight excluding hydrogens is 1540 g/mol. The number of carbonyl (C=O) groups excluding carboxylic acids is 4. The van der Waals surface area contributed by atoms with Crippen LogP contribution >= 0.6 is 87.5 Å². The van der Waals surface area contributed by atoms with Crippen LogP contribution in [0.2, 0.25) is 10.0 Å². The first kappa shape index (κ1) is 82.1. The van der Waals surface area contributed by atoms with Crippen molar-refractivity contribution in [2.45, 2.75) is 104 Å². The van der Waals surface area contributed by atoms with Crippen LogP contribution in [0.25, 0.3) is 33.2 Å². The van der Waals surface area contributed by atoms with E-state index in [0.717, 1.165) is 75.1 Å². The van der Waals surface area contributed by atoms with E-state index in [1.807, 2.05) is 54.4 Å². The summed E-state index contributed by atoms with van der Waals surface area (Å²) in [5.41, 5.74) is 8.56. The molecule has 0 radical (unpaired) electrons. The molecule has 2 aliphatic carbocycles. The first-order valence-electron chi connectivity index (χ1n) is 32.0. The van der Waals surface area contributed by atoms with Crippen LogP contribution in [0.4, 0.5) is 8.78 Å². The average molecular weight is 1610 g/mol. The number of aromatic amines is 1. The van der Waals surface area contributed by atoms with Crippen molar-refractivity contribution in [2.75, 3.05) is 21.3 Å². The van der Waals surface area contributed by atoms with E-state index in [1.165, 1.54) is 68.1 Å². The number of fused-ring (bicyclic) bond motifs is 2. The Bertz CT molecular complexity index is 4910. The SMILES string of the molecule is CCn1cc(-n2c(C3CC3)c(Sc3cccc(C(=O)O)n3)c3ccc(Cl)c(F)c32)cn1.CCn1cc(-n2c(C3CC3)c(Sc3cccc(C(=O)[O-])n3)c3ccc(Cl)c(F)c32)cn1.COC(=O)c1cccc(=S)[nH]1.COC(=O)c1cccc(Br)n1.COC(=O)c1cccc(C)n1.Cc1ccc(CS)cc1.[Na+]. The number of carboxylic acid groups (broad SMARTS) is 2. The van der Waals surface area contributed by atoms with E-state index >= 15 is 8.78 Å². The summed E-state index contributed by atoms with van der Waals surface area (Å²) in [5.74, 6) is -3.24. The molecule has 12 aromatic rings. The number of hydrogen-bond acceptors (Lipinski definition) is 19. The Kier molecular flexibility index (Phi) is 30.2. The molecule has 3 aromatic carbocycles. The number of halogens is 5. The number of aryl methyl sites for hydroxylation is 4. The number of benzene rings is 3. The number of aromatic carboxylic acids is 2. The number of aromatic nitrogens is 11. The quantitative estimate of drug-likeness (QED) is 0.0203. The number of ether oxygens (including phenoxy) is 3. The zero-order chi connectivity index (χ0) is 74.9. The van der Waals surface area contributed by atoms with Gasteiger partial charge >= 0.3 is 53.4 Å². The minimum Gasteiger partial charge on any atom is -0.543 e. The third-order valence-electron chi connectivity index (χ3n) is 15.5. The standard InChI is InChI=1S/2C22H18ClFN4O2S.C8H9NO2.C8H10S.C7H6BrNO2.C7H7NO2S.Na/c2*1-2-27-11-13(10-25-27)28-19(12-6-7-12)21(14-8-9-15(23)18(24)20(14)28)31-17-5-3-4-16(26-17)22(29)30;1-6-4-3-5-7(9-6)8(10)11-2;1-7-2-4-8(6-9)5-3-7;1-11-7(10)5-3-2-4-6(8)9-5;1-10-7(9)5-3-2-4-6(11)8-5;/h2*3-5,8-12H,2,6-7H2,1H3,(H,29,30);3-5H,1-2H3;2-5,9H,6H2,1H3;2-4H,1H3;2-4H,1H3,(H,8,11);/q;;;;;;+1/p-1. The van der Waals surface area contributed by atoms with Gasteiger partial charge in [0, 0.05) is 80.7 Å². The van der Waals surface area contributed by atoms with Crippen LogP contribution < -0.4 is 34.7 Å². The van der Waals surface area contributed by atoms with E-state index in [9.17, 15) is 34.2 Å². The van der Waals surface area contributed by atoms with Gasteiger partial charge < -0.3 is 43.3 Å². The number of methoxy groups -OCH3 is 3. The van der Waals surface area contributed by atoms with E-state index in [0.29, 0.717) is 65.9 Å². The molecule has 538 valence electrons. The van der Waals surface area contributed by atoms with Crippen LogP contribution in [0, 0.1) is 30.1 Å². The predicted molar refractivity (Wildman–Crippen MR) is 402 cm³/mol. The molecule has 14 rings (SSSR count). The minimum atomic E-state index is -1.34. The van der Waals surface area contributed by atoms with Gasteiger partial charge in [0.2, 0.25) is 0 Å². The number of nitrogens with zero attached hydrogens (tertiary/aromatic N) is 10. The molecule has 105 heavy (non-hydrogen) atoms. The van der Waals surface area contributed by atoms with Gasteiger partial charge in [-0.05, 0) is 160 Å². The Morgan fingerprint density at radius 1 is 0.619 bits per heavy atom. The minimum absolute atomic E-state index is 0. The number of hydrogen-bond donors (Lipinski definition) is 3. The van der Waals surface area contributed by atoms with E-state index in [1.54, 1.807) is 113 Å². The molecule has 21 nitrogen and oxygen atoms in total. The summed E-state index contributed by atoms with van der Waals surface area (Å²) >= 11 is 27.1. The molecule has 0 spiro atoms. The Balaban J connectivity index is 0.000000173. The molecule has 2 fully saturated rings. The number of pyridine rings is 5. The molecule has 2 saturated carbocycles. The number of thiol groups is 1. The number of carboxylic acids is 2. The van der Waals surface area contributed by atoms with Crippen LogP contribution in [-0.4, -0.2) is 110 Å². The summed E-state index contributed by atoms with van der Waals surface area (Å²) in [6.45, 7) is 9.29. The third kappa shape index (κ3) is 21.4. The third-order valence-corrected chi connectivity index (χ3v) is 19.3. The number of carbonyl (C=O) groups is 5. The molecule has 9 heterocycles. The molecule has 0 bridgehead atoms. The van der Waals surface area contributed by atoms with Gasteiger partial charge in [0.05, 0.1) is 77.8 Å². The first-order chi connectivity index (χ1) is 50.0. The zero-order valence-electron chi connectivity index (χ0n) is 57.8. The second-order valence-electron chi connectivity index (χ2n) is 22.8. The Morgan fingerprint density at radius 3 is 1.49 bits per heavy atom. The second kappa shape index (κ2) is 38.6. The van der Waals surface area contributed by atoms with E-state index in [2.05, 4.69) is 109 Å². The summed E-state index contributed by atoms with van der Waals surface area (Å²) < 4.78 is 52.6. The molecule has 31 heteroatoms. The molecular formula is C74H67BrCl2F2N11NaO10S4. The van der Waals surface area contributed by atoms with E-state index in [4.69, 9.17) is 35.4 Å². The number of rotatable bonds is 16. The van der Waals surface area contributed by atoms with Gasteiger partial charge in [-0.25, -0.2) is 47.9 Å². The van der Waals surface area contributed by atoms with Crippen molar-refractivity contribution in [1.82, 2.24) is 53.6 Å². The number of H-pyrrole nitrogens is 1. The van der Waals surface area contributed by atoms with Gasteiger partial charge in [0.15, 0.2) is 11.6 Å².